The van der Waals surface area contributed by atoms with Gasteiger partial charge in [-0.05, 0) is 56.1 Å². The normalized spacial score (nSPS) is 11.5. The van der Waals surface area contributed by atoms with E-state index in [4.69, 9.17) is 9.72 Å². The molecule has 0 radical (unpaired) electrons. The number of hydrogen-bond donors (Lipinski definition) is 0. The van der Waals surface area contributed by atoms with Gasteiger partial charge in [0.05, 0.1) is 42.3 Å². The number of para-hydroxylation sites is 4. The van der Waals surface area contributed by atoms with Gasteiger partial charge in [0.15, 0.2) is 6.61 Å². The molecule has 0 bridgehead atoms. The van der Waals surface area contributed by atoms with Crippen LogP contribution in [0.5, 0.6) is 5.75 Å². The molecule has 0 aliphatic rings. The van der Waals surface area contributed by atoms with Crippen molar-refractivity contribution in [2.24, 2.45) is 0 Å². The molecule has 0 atom stereocenters. The largest absolute Gasteiger partial charge is 0.482 e. The maximum absolute atomic E-state index is 13.8. The summed E-state index contributed by atoms with van der Waals surface area (Å²) in [5.74, 6) is 0.972. The molecule has 9 heteroatoms. The Kier molecular flexibility index (Phi) is 7.28. The van der Waals surface area contributed by atoms with E-state index in [1.165, 1.54) is 7.11 Å². The summed E-state index contributed by atoms with van der Waals surface area (Å²) in [6, 6.07) is 23.3. The Hall–Kier alpha value is -4.37. The van der Waals surface area contributed by atoms with Gasteiger partial charge in [0.1, 0.15) is 11.6 Å². The molecule has 0 N–H and O–H groups in total. The predicted octanol–water partition coefficient (Wildman–Crippen LogP) is 3.36. The Morgan fingerprint density at radius 3 is 2.13 bits per heavy atom. The van der Waals surface area contributed by atoms with Gasteiger partial charge in [-0.3, -0.25) is 9.13 Å². The summed E-state index contributed by atoms with van der Waals surface area (Å²) < 4.78 is 15.8. The molecule has 0 aliphatic heterocycles. The van der Waals surface area contributed by atoms with Crippen LogP contribution in [0.25, 0.3) is 22.1 Å². The summed E-state index contributed by atoms with van der Waals surface area (Å²) in [7, 11) is 5.42. The first kappa shape index (κ1) is 25.3. The highest BCUT2D eigenvalue weighted by Crippen LogP contribution is 2.20. The molecule has 9 nitrogen and oxygen atoms in total. The molecule has 3 aromatic carbocycles. The van der Waals surface area contributed by atoms with Crippen molar-refractivity contribution in [2.75, 3.05) is 34.4 Å². The summed E-state index contributed by atoms with van der Waals surface area (Å²) in [6.07, 6.45) is 0. The average molecular weight is 514 g/mol. The van der Waals surface area contributed by atoms with E-state index in [1.807, 2.05) is 54.6 Å². The fraction of sp³-hybridized carbons (Fsp3) is 0.276. The molecule has 0 saturated carbocycles. The summed E-state index contributed by atoms with van der Waals surface area (Å²) in [4.78, 5) is 32.1. The van der Waals surface area contributed by atoms with Gasteiger partial charge in [-0.25, -0.2) is 14.6 Å². The number of rotatable bonds is 10. The van der Waals surface area contributed by atoms with E-state index in [-0.39, 0.29) is 12.3 Å². The summed E-state index contributed by atoms with van der Waals surface area (Å²) >= 11 is 0. The van der Waals surface area contributed by atoms with E-state index in [0.717, 1.165) is 46.5 Å². The summed E-state index contributed by atoms with van der Waals surface area (Å²) in [5, 5.41) is 0. The molecule has 0 amide bonds. The number of imidazole rings is 2. The number of esters is 1. The van der Waals surface area contributed by atoms with Crippen LogP contribution in [0.15, 0.2) is 77.6 Å². The fourth-order valence-electron chi connectivity index (χ4n) is 4.59. The fourth-order valence-corrected chi connectivity index (χ4v) is 4.59. The van der Waals surface area contributed by atoms with Gasteiger partial charge in [0, 0.05) is 13.1 Å². The van der Waals surface area contributed by atoms with Crippen molar-refractivity contribution in [1.82, 2.24) is 23.6 Å². The Morgan fingerprint density at radius 1 is 0.842 bits per heavy atom. The first-order valence-corrected chi connectivity index (χ1v) is 12.5. The monoisotopic (exact) mass is 513 g/mol. The van der Waals surface area contributed by atoms with Gasteiger partial charge in [0.2, 0.25) is 0 Å². The zero-order valence-corrected chi connectivity index (χ0v) is 21.8. The number of ether oxygens (including phenoxy) is 2. The van der Waals surface area contributed by atoms with Crippen LogP contribution in [-0.4, -0.2) is 63.9 Å². The lowest BCUT2D eigenvalue weighted by Gasteiger charge is -2.13. The maximum atomic E-state index is 13.8. The molecule has 0 saturated heterocycles. The van der Waals surface area contributed by atoms with Gasteiger partial charge in [0.25, 0.3) is 0 Å². The molecule has 0 aliphatic carbocycles. The second kappa shape index (κ2) is 10.9. The van der Waals surface area contributed by atoms with Crippen molar-refractivity contribution in [2.45, 2.75) is 19.6 Å². The van der Waals surface area contributed by atoms with Crippen molar-refractivity contribution in [3.63, 3.8) is 0 Å². The number of fused-ring (bicyclic) bond motifs is 2. The van der Waals surface area contributed by atoms with Crippen molar-refractivity contribution in [3.8, 4) is 5.75 Å². The Labute approximate surface area is 220 Å². The number of hydrogen-bond acceptors (Lipinski definition) is 6. The highest BCUT2D eigenvalue weighted by Gasteiger charge is 2.17. The Balaban J connectivity index is 1.47. The van der Waals surface area contributed by atoms with Gasteiger partial charge in [-0.2, -0.15) is 0 Å². The third kappa shape index (κ3) is 5.19. The number of aromatic nitrogens is 4. The Morgan fingerprint density at radius 2 is 1.47 bits per heavy atom. The standard InChI is InChI=1S/C29H31N5O4/c1-31(2)16-17-32-24-9-5-4-8-23(24)30-27(32)19-34-26-11-7-6-10-25(26)33(29(34)36)18-21-12-14-22(15-13-21)38-20-28(35)37-3/h4-15H,16-20H2,1-3H3. The lowest BCUT2D eigenvalue weighted by molar-refractivity contribution is -0.142. The van der Waals surface area contributed by atoms with Gasteiger partial charge >= 0.3 is 11.7 Å². The molecule has 2 aromatic heterocycles. The van der Waals surface area contributed by atoms with E-state index in [2.05, 4.69) is 34.4 Å². The van der Waals surface area contributed by atoms with Crippen LogP contribution in [0.1, 0.15) is 11.4 Å². The number of methoxy groups -OCH3 is 1. The molecule has 196 valence electrons. The smallest absolute Gasteiger partial charge is 0.343 e. The topological polar surface area (TPSA) is 83.5 Å². The molecule has 0 spiro atoms. The lowest BCUT2D eigenvalue weighted by Crippen LogP contribution is -2.27. The van der Waals surface area contributed by atoms with Crippen molar-refractivity contribution >= 4 is 28.0 Å². The van der Waals surface area contributed by atoms with Crippen LogP contribution < -0.4 is 10.4 Å². The number of likely N-dealkylation sites (N-methyl/N-ethyl adjacent to an activating group) is 1. The van der Waals surface area contributed by atoms with Gasteiger partial charge in [-0.15, -0.1) is 0 Å². The Bertz CT molecular complexity index is 1630. The molecule has 2 heterocycles. The van der Waals surface area contributed by atoms with Crippen LogP contribution in [0.4, 0.5) is 0 Å². The number of carbonyl (C=O) groups is 1. The van der Waals surface area contributed by atoms with Crippen molar-refractivity contribution in [1.29, 1.82) is 0 Å². The van der Waals surface area contributed by atoms with Crippen LogP contribution in [0.3, 0.4) is 0 Å². The lowest BCUT2D eigenvalue weighted by atomic mass is 10.2. The number of carbonyl (C=O) groups excluding carboxylic acids is 1. The SMILES string of the molecule is COC(=O)COc1ccc(Cn2c(=O)n(Cc3nc4ccccc4n3CCN(C)C)c3ccccc32)cc1. The molecule has 0 fully saturated rings. The molecule has 5 rings (SSSR count). The van der Waals surface area contributed by atoms with Crippen LogP contribution in [0.2, 0.25) is 0 Å². The van der Waals surface area contributed by atoms with E-state index in [0.29, 0.717) is 18.8 Å². The third-order valence-corrected chi connectivity index (χ3v) is 6.58. The summed E-state index contributed by atoms with van der Waals surface area (Å²) in [5.41, 5.74) is 4.56. The zero-order valence-electron chi connectivity index (χ0n) is 21.8. The second-order valence-corrected chi connectivity index (χ2v) is 9.42. The summed E-state index contributed by atoms with van der Waals surface area (Å²) in [6.45, 7) is 2.27. The predicted molar refractivity (Wildman–Crippen MR) is 147 cm³/mol. The minimum Gasteiger partial charge on any atom is -0.482 e. The quantitative estimate of drug-likeness (QED) is 0.266. The maximum Gasteiger partial charge on any atom is 0.343 e. The van der Waals surface area contributed by atoms with Crippen LogP contribution in [0, 0.1) is 0 Å². The van der Waals surface area contributed by atoms with Gasteiger partial charge < -0.3 is 18.9 Å². The first-order chi connectivity index (χ1) is 18.4. The number of benzene rings is 3. The zero-order chi connectivity index (χ0) is 26.6. The van der Waals surface area contributed by atoms with Crippen molar-refractivity contribution < 1.29 is 14.3 Å². The first-order valence-electron chi connectivity index (χ1n) is 12.5. The molecular formula is C29H31N5O4. The molecule has 5 aromatic rings. The third-order valence-electron chi connectivity index (χ3n) is 6.58. The molecule has 38 heavy (non-hydrogen) atoms. The highest BCUT2D eigenvalue weighted by molar-refractivity contribution is 5.77. The molecule has 0 unspecified atom stereocenters. The minimum atomic E-state index is -0.441. The average Bonchev–Trinajstić information content (AvgIpc) is 3.41. The number of nitrogens with zero attached hydrogens (tertiary/aromatic N) is 5. The highest BCUT2D eigenvalue weighted by atomic mass is 16.6. The van der Waals surface area contributed by atoms with E-state index in [9.17, 15) is 9.59 Å². The van der Waals surface area contributed by atoms with E-state index in [1.54, 1.807) is 21.3 Å². The minimum absolute atomic E-state index is 0.0940. The van der Waals surface area contributed by atoms with Crippen LogP contribution in [-0.2, 0) is 29.2 Å². The van der Waals surface area contributed by atoms with Gasteiger partial charge in [-0.1, -0.05) is 36.4 Å². The second-order valence-electron chi connectivity index (χ2n) is 9.42. The molecular weight excluding hydrogens is 482 g/mol. The van der Waals surface area contributed by atoms with E-state index < -0.39 is 5.97 Å². The van der Waals surface area contributed by atoms with E-state index >= 15 is 0 Å². The van der Waals surface area contributed by atoms with Crippen LogP contribution >= 0.6 is 0 Å². The van der Waals surface area contributed by atoms with Crippen molar-refractivity contribution in [3.05, 3.63) is 94.7 Å².